The quantitative estimate of drug-likeness (QED) is 0.904. The number of aryl methyl sites for hydroxylation is 1. The van der Waals surface area contributed by atoms with E-state index in [1.807, 2.05) is 31.2 Å². The van der Waals surface area contributed by atoms with Gasteiger partial charge in [0, 0.05) is 11.8 Å². The zero-order valence-electron chi connectivity index (χ0n) is 9.75. The lowest BCUT2D eigenvalue weighted by atomic mass is 10.1. The van der Waals surface area contributed by atoms with Gasteiger partial charge in [0.25, 0.3) is 5.22 Å². The first-order valence-electron chi connectivity index (χ1n) is 5.45. The van der Waals surface area contributed by atoms with Crippen LogP contribution in [0.3, 0.4) is 0 Å². The maximum Gasteiger partial charge on any atom is 0.281 e. The van der Waals surface area contributed by atoms with Crippen LogP contribution in [0.4, 0.5) is 0 Å². The van der Waals surface area contributed by atoms with Gasteiger partial charge < -0.3 is 9.52 Å². The fourth-order valence-corrected chi connectivity index (χ4v) is 2.13. The standard InChI is InChI=1S/C12H14N2O2S/c1-3-11(15)9-4-6-10(7-5-9)17-12-14-13-8(2)16-12/h4-7,11,15H,3H2,1-2H3/t11-/m1/s1. The van der Waals surface area contributed by atoms with Gasteiger partial charge in [-0.1, -0.05) is 19.1 Å². The molecule has 1 atom stereocenters. The smallest absolute Gasteiger partial charge is 0.281 e. The summed E-state index contributed by atoms with van der Waals surface area (Å²) in [6.45, 7) is 3.71. The monoisotopic (exact) mass is 250 g/mol. The zero-order valence-corrected chi connectivity index (χ0v) is 10.6. The summed E-state index contributed by atoms with van der Waals surface area (Å²) in [4.78, 5) is 1.01. The molecule has 1 N–H and O–H groups in total. The molecule has 90 valence electrons. The van der Waals surface area contributed by atoms with Crippen molar-refractivity contribution < 1.29 is 9.52 Å². The molecule has 1 aromatic heterocycles. The molecule has 2 aromatic rings. The van der Waals surface area contributed by atoms with Crippen molar-refractivity contribution >= 4 is 11.8 Å². The second-order valence-electron chi connectivity index (χ2n) is 3.68. The summed E-state index contributed by atoms with van der Waals surface area (Å²) in [5.41, 5.74) is 0.929. The molecule has 2 rings (SSSR count). The molecule has 5 heteroatoms. The molecule has 0 aliphatic rings. The van der Waals surface area contributed by atoms with Gasteiger partial charge in [0.05, 0.1) is 6.10 Å². The van der Waals surface area contributed by atoms with Gasteiger partial charge in [-0.15, -0.1) is 10.2 Å². The first kappa shape index (κ1) is 12.1. The van der Waals surface area contributed by atoms with E-state index in [1.165, 1.54) is 11.8 Å². The molecule has 17 heavy (non-hydrogen) atoms. The largest absolute Gasteiger partial charge is 0.416 e. The van der Waals surface area contributed by atoms with Crippen LogP contribution in [0, 0.1) is 6.92 Å². The molecule has 0 fully saturated rings. The molecular formula is C12H14N2O2S. The van der Waals surface area contributed by atoms with E-state index in [-0.39, 0.29) is 6.10 Å². The maximum atomic E-state index is 9.67. The molecule has 4 nitrogen and oxygen atoms in total. The molecule has 0 unspecified atom stereocenters. The first-order chi connectivity index (χ1) is 8.19. The fourth-order valence-electron chi connectivity index (χ4n) is 1.41. The number of aliphatic hydroxyl groups excluding tert-OH is 1. The maximum absolute atomic E-state index is 9.67. The number of benzene rings is 1. The van der Waals surface area contributed by atoms with Crippen molar-refractivity contribution in [3.8, 4) is 0 Å². The molecule has 0 radical (unpaired) electrons. The molecular weight excluding hydrogens is 236 g/mol. The average molecular weight is 250 g/mol. The molecule has 1 aromatic carbocycles. The van der Waals surface area contributed by atoms with Gasteiger partial charge in [-0.3, -0.25) is 0 Å². The van der Waals surface area contributed by atoms with Crippen molar-refractivity contribution in [2.24, 2.45) is 0 Å². The van der Waals surface area contributed by atoms with Crippen LogP contribution in [0.5, 0.6) is 0 Å². The lowest BCUT2D eigenvalue weighted by Crippen LogP contribution is -1.93. The highest BCUT2D eigenvalue weighted by molar-refractivity contribution is 7.99. The van der Waals surface area contributed by atoms with Gasteiger partial charge in [0.2, 0.25) is 5.89 Å². The molecule has 0 aliphatic heterocycles. The van der Waals surface area contributed by atoms with Gasteiger partial charge in [0.1, 0.15) is 0 Å². The topological polar surface area (TPSA) is 59.2 Å². The molecule has 0 saturated carbocycles. The predicted octanol–water partition coefficient (Wildman–Crippen LogP) is 2.97. The Kier molecular flexibility index (Phi) is 3.81. The van der Waals surface area contributed by atoms with Crippen LogP contribution >= 0.6 is 11.8 Å². The van der Waals surface area contributed by atoms with Gasteiger partial charge >= 0.3 is 0 Å². The molecule has 0 amide bonds. The summed E-state index contributed by atoms with van der Waals surface area (Å²) in [7, 11) is 0. The Bertz CT molecular complexity index is 482. The lowest BCUT2D eigenvalue weighted by Gasteiger charge is -2.07. The summed E-state index contributed by atoms with van der Waals surface area (Å²) in [6, 6.07) is 7.72. The van der Waals surface area contributed by atoms with E-state index in [0.29, 0.717) is 11.1 Å². The van der Waals surface area contributed by atoms with E-state index in [1.54, 1.807) is 6.92 Å². The van der Waals surface area contributed by atoms with Crippen LogP contribution in [0.15, 0.2) is 38.8 Å². The molecule has 0 bridgehead atoms. The Hall–Kier alpha value is -1.33. The van der Waals surface area contributed by atoms with Crippen LogP contribution in [-0.4, -0.2) is 15.3 Å². The van der Waals surface area contributed by atoms with E-state index in [2.05, 4.69) is 10.2 Å². The number of aromatic nitrogens is 2. The van der Waals surface area contributed by atoms with E-state index in [0.717, 1.165) is 16.9 Å². The third-order valence-electron chi connectivity index (χ3n) is 2.36. The van der Waals surface area contributed by atoms with Crippen molar-refractivity contribution in [2.75, 3.05) is 0 Å². The van der Waals surface area contributed by atoms with E-state index < -0.39 is 0 Å². The van der Waals surface area contributed by atoms with Crippen LogP contribution in [0.2, 0.25) is 0 Å². The fraction of sp³-hybridized carbons (Fsp3) is 0.333. The summed E-state index contributed by atoms with van der Waals surface area (Å²) in [6.07, 6.45) is 0.328. The van der Waals surface area contributed by atoms with Crippen molar-refractivity contribution in [2.45, 2.75) is 36.5 Å². The number of nitrogens with zero attached hydrogens (tertiary/aromatic N) is 2. The second kappa shape index (κ2) is 5.33. The Labute approximate surface area is 104 Å². The summed E-state index contributed by atoms with van der Waals surface area (Å²) in [5.74, 6) is 0.561. The normalized spacial score (nSPS) is 12.6. The first-order valence-corrected chi connectivity index (χ1v) is 6.26. The highest BCUT2D eigenvalue weighted by Crippen LogP contribution is 2.27. The van der Waals surface area contributed by atoms with E-state index >= 15 is 0 Å². The van der Waals surface area contributed by atoms with Crippen LogP contribution in [0.25, 0.3) is 0 Å². The highest BCUT2D eigenvalue weighted by atomic mass is 32.2. The third kappa shape index (κ3) is 3.08. The number of hydrogen-bond acceptors (Lipinski definition) is 5. The molecule has 0 aliphatic carbocycles. The van der Waals surface area contributed by atoms with E-state index in [9.17, 15) is 5.11 Å². The van der Waals surface area contributed by atoms with Crippen LogP contribution < -0.4 is 0 Å². The van der Waals surface area contributed by atoms with Gasteiger partial charge in [-0.2, -0.15) is 0 Å². The van der Waals surface area contributed by atoms with Crippen molar-refractivity contribution in [3.63, 3.8) is 0 Å². The second-order valence-corrected chi connectivity index (χ2v) is 4.71. The third-order valence-corrected chi connectivity index (χ3v) is 3.21. The minimum absolute atomic E-state index is 0.389. The van der Waals surface area contributed by atoms with Crippen molar-refractivity contribution in [3.05, 3.63) is 35.7 Å². The SMILES string of the molecule is CC[C@@H](O)c1ccc(Sc2nnc(C)o2)cc1. The molecule has 0 spiro atoms. The summed E-state index contributed by atoms with van der Waals surface area (Å²) in [5, 5.41) is 17.9. The van der Waals surface area contributed by atoms with E-state index in [4.69, 9.17) is 4.42 Å². The van der Waals surface area contributed by atoms with Crippen LogP contribution in [-0.2, 0) is 0 Å². The summed E-state index contributed by atoms with van der Waals surface area (Å²) >= 11 is 1.41. The number of aliphatic hydroxyl groups is 1. The van der Waals surface area contributed by atoms with Crippen molar-refractivity contribution in [1.82, 2.24) is 10.2 Å². The summed E-state index contributed by atoms with van der Waals surface area (Å²) < 4.78 is 5.28. The highest BCUT2D eigenvalue weighted by Gasteiger charge is 2.07. The number of rotatable bonds is 4. The van der Waals surface area contributed by atoms with Gasteiger partial charge in [-0.05, 0) is 35.9 Å². The minimum Gasteiger partial charge on any atom is -0.416 e. The Morgan fingerprint density at radius 3 is 2.53 bits per heavy atom. The molecule has 1 heterocycles. The Balaban J connectivity index is 2.08. The Morgan fingerprint density at radius 1 is 1.29 bits per heavy atom. The van der Waals surface area contributed by atoms with Gasteiger partial charge in [0.15, 0.2) is 0 Å². The van der Waals surface area contributed by atoms with Crippen molar-refractivity contribution in [1.29, 1.82) is 0 Å². The molecule has 0 saturated heterocycles. The van der Waals surface area contributed by atoms with Crippen LogP contribution in [0.1, 0.15) is 30.9 Å². The average Bonchev–Trinajstić information content (AvgIpc) is 2.75. The zero-order chi connectivity index (χ0) is 12.3. The predicted molar refractivity (Wildman–Crippen MR) is 64.9 cm³/mol. The lowest BCUT2D eigenvalue weighted by molar-refractivity contribution is 0.173. The minimum atomic E-state index is -0.389. The Morgan fingerprint density at radius 2 is 2.00 bits per heavy atom. The number of hydrogen-bond donors (Lipinski definition) is 1. The van der Waals surface area contributed by atoms with Gasteiger partial charge in [-0.25, -0.2) is 0 Å².